The normalized spacial score (nSPS) is 12.9. The first-order valence-electron chi connectivity index (χ1n) is 5.93. The number of carbonyl (C=O) groups is 1. The molecule has 0 saturated carbocycles. The monoisotopic (exact) mass is 277 g/mol. The predicted molar refractivity (Wildman–Crippen MR) is 71.4 cm³/mol. The van der Waals surface area contributed by atoms with E-state index >= 15 is 0 Å². The van der Waals surface area contributed by atoms with Gasteiger partial charge in [0.1, 0.15) is 5.54 Å². The summed E-state index contributed by atoms with van der Waals surface area (Å²) >= 11 is 0. The van der Waals surface area contributed by atoms with Gasteiger partial charge in [0.2, 0.25) is 0 Å². The number of amides is 1. The zero-order valence-electron chi connectivity index (χ0n) is 11.5. The molecule has 1 amide bonds. The molecular formula is C13H15N3O4. The van der Waals surface area contributed by atoms with Crippen LogP contribution in [0.25, 0.3) is 0 Å². The van der Waals surface area contributed by atoms with E-state index in [1.807, 2.05) is 6.07 Å². The maximum absolute atomic E-state index is 12.0. The number of nitrogens with zero attached hydrogens (tertiary/aromatic N) is 2. The number of methoxy groups -OCH3 is 1. The molecule has 0 bridgehead atoms. The van der Waals surface area contributed by atoms with Gasteiger partial charge < -0.3 is 10.1 Å². The number of hydrogen-bond acceptors (Lipinski definition) is 5. The topological polar surface area (TPSA) is 105 Å². The first kappa shape index (κ1) is 15.4. The van der Waals surface area contributed by atoms with Crippen LogP contribution >= 0.6 is 0 Å². The smallest absolute Gasteiger partial charge is 0.311 e. The molecule has 0 spiro atoms. The minimum atomic E-state index is -1.01. The second-order valence-electron chi connectivity index (χ2n) is 4.40. The van der Waals surface area contributed by atoms with Crippen molar-refractivity contribution in [2.24, 2.45) is 0 Å². The lowest BCUT2D eigenvalue weighted by molar-refractivity contribution is -0.385. The van der Waals surface area contributed by atoms with Gasteiger partial charge in [0.25, 0.3) is 5.91 Å². The van der Waals surface area contributed by atoms with Gasteiger partial charge in [-0.05, 0) is 25.5 Å². The highest BCUT2D eigenvalue weighted by atomic mass is 16.6. The number of nitriles is 1. The average molecular weight is 277 g/mol. The summed E-state index contributed by atoms with van der Waals surface area (Å²) in [6.45, 7) is 3.35. The molecule has 0 radical (unpaired) electrons. The first-order valence-corrected chi connectivity index (χ1v) is 5.93. The maximum Gasteiger partial charge on any atom is 0.311 e. The maximum atomic E-state index is 12.0. The van der Waals surface area contributed by atoms with E-state index < -0.39 is 16.4 Å². The molecule has 0 fully saturated rings. The van der Waals surface area contributed by atoms with Crippen molar-refractivity contribution in [3.8, 4) is 11.8 Å². The van der Waals surface area contributed by atoms with Crippen LogP contribution in [0.4, 0.5) is 5.69 Å². The lowest BCUT2D eigenvalue weighted by Gasteiger charge is -2.21. The number of nitro benzene ring substituents is 1. The van der Waals surface area contributed by atoms with E-state index in [2.05, 4.69) is 5.32 Å². The Kier molecular flexibility index (Phi) is 4.64. The standard InChI is InChI=1S/C13H15N3O4/c1-4-13(2,8-14)15-12(17)9-5-6-11(20-3)10(7-9)16(18)19/h5-7H,4H2,1-3H3,(H,15,17). The third kappa shape index (κ3) is 3.23. The molecule has 7 nitrogen and oxygen atoms in total. The molecular weight excluding hydrogens is 262 g/mol. The fraction of sp³-hybridized carbons (Fsp3) is 0.385. The molecule has 1 N–H and O–H groups in total. The van der Waals surface area contributed by atoms with E-state index in [1.165, 1.54) is 19.2 Å². The van der Waals surface area contributed by atoms with Gasteiger partial charge in [0.05, 0.1) is 18.1 Å². The molecule has 0 aliphatic carbocycles. The summed E-state index contributed by atoms with van der Waals surface area (Å²) in [5.74, 6) is -0.466. The van der Waals surface area contributed by atoms with Gasteiger partial charge >= 0.3 is 5.69 Å². The van der Waals surface area contributed by atoms with Crippen molar-refractivity contribution in [2.45, 2.75) is 25.8 Å². The summed E-state index contributed by atoms with van der Waals surface area (Å²) in [5.41, 5.74) is -1.20. The van der Waals surface area contributed by atoms with Gasteiger partial charge in [-0.1, -0.05) is 6.92 Å². The number of benzene rings is 1. The van der Waals surface area contributed by atoms with Crippen LogP contribution in [0.5, 0.6) is 5.75 Å². The second kappa shape index (κ2) is 6.02. The third-order valence-electron chi connectivity index (χ3n) is 2.98. The molecule has 0 aromatic heterocycles. The molecule has 1 aromatic carbocycles. The van der Waals surface area contributed by atoms with E-state index in [-0.39, 0.29) is 17.0 Å². The van der Waals surface area contributed by atoms with E-state index in [4.69, 9.17) is 10.00 Å². The van der Waals surface area contributed by atoms with Gasteiger partial charge in [-0.25, -0.2) is 0 Å². The van der Waals surface area contributed by atoms with E-state index in [9.17, 15) is 14.9 Å². The van der Waals surface area contributed by atoms with Gasteiger partial charge in [0.15, 0.2) is 5.75 Å². The number of ether oxygens (including phenoxy) is 1. The Bertz CT molecular complexity index is 579. The predicted octanol–water partition coefficient (Wildman–Crippen LogP) is 2.03. The Labute approximate surface area is 116 Å². The Balaban J connectivity index is 3.10. The molecule has 0 aliphatic rings. The number of hydrogen-bond donors (Lipinski definition) is 1. The summed E-state index contributed by atoms with van der Waals surface area (Å²) in [7, 11) is 1.31. The van der Waals surface area contributed by atoms with Crippen molar-refractivity contribution in [1.82, 2.24) is 5.32 Å². The van der Waals surface area contributed by atoms with Crippen molar-refractivity contribution in [3.05, 3.63) is 33.9 Å². The summed E-state index contributed by atoms with van der Waals surface area (Å²) in [5, 5.41) is 22.5. The lowest BCUT2D eigenvalue weighted by Crippen LogP contribution is -2.44. The summed E-state index contributed by atoms with van der Waals surface area (Å²) in [6, 6.07) is 5.89. The van der Waals surface area contributed by atoms with Crippen LogP contribution in [0.15, 0.2) is 18.2 Å². The number of nitro groups is 1. The molecule has 0 aliphatic heterocycles. The van der Waals surface area contributed by atoms with Crippen LogP contribution < -0.4 is 10.1 Å². The summed E-state index contributed by atoms with van der Waals surface area (Å²) in [4.78, 5) is 22.3. The minimum Gasteiger partial charge on any atom is -0.490 e. The number of carbonyl (C=O) groups excluding carboxylic acids is 1. The quantitative estimate of drug-likeness (QED) is 0.654. The largest absolute Gasteiger partial charge is 0.490 e. The van der Waals surface area contributed by atoms with Crippen molar-refractivity contribution in [3.63, 3.8) is 0 Å². The fourth-order valence-electron chi connectivity index (χ4n) is 1.49. The average Bonchev–Trinajstić information content (AvgIpc) is 2.46. The lowest BCUT2D eigenvalue weighted by atomic mass is 10.0. The fourth-order valence-corrected chi connectivity index (χ4v) is 1.49. The highest BCUT2D eigenvalue weighted by Crippen LogP contribution is 2.27. The van der Waals surface area contributed by atoms with Crippen LogP contribution in [0.3, 0.4) is 0 Å². The summed E-state index contributed by atoms with van der Waals surface area (Å²) in [6.07, 6.45) is 0.424. The molecule has 1 atom stereocenters. The van der Waals surface area contributed by atoms with E-state index in [1.54, 1.807) is 13.8 Å². The van der Waals surface area contributed by atoms with Crippen LogP contribution in [-0.4, -0.2) is 23.5 Å². The highest BCUT2D eigenvalue weighted by Gasteiger charge is 2.25. The van der Waals surface area contributed by atoms with Gasteiger partial charge in [-0.15, -0.1) is 0 Å². The first-order chi connectivity index (χ1) is 9.36. The molecule has 0 heterocycles. The SMILES string of the molecule is CCC(C)(C#N)NC(=O)c1ccc(OC)c([N+](=O)[O-])c1. The van der Waals surface area contributed by atoms with Gasteiger partial charge in [-0.3, -0.25) is 14.9 Å². The molecule has 20 heavy (non-hydrogen) atoms. The summed E-state index contributed by atoms with van der Waals surface area (Å²) < 4.78 is 4.86. The molecule has 7 heteroatoms. The zero-order valence-corrected chi connectivity index (χ0v) is 11.5. The van der Waals surface area contributed by atoms with Gasteiger partial charge in [-0.2, -0.15) is 5.26 Å². The molecule has 106 valence electrons. The second-order valence-corrected chi connectivity index (χ2v) is 4.40. The zero-order chi connectivity index (χ0) is 15.3. The van der Waals surface area contributed by atoms with Crippen molar-refractivity contribution < 1.29 is 14.5 Å². The van der Waals surface area contributed by atoms with E-state index in [0.717, 1.165) is 6.07 Å². The van der Waals surface area contributed by atoms with E-state index in [0.29, 0.717) is 6.42 Å². The number of nitrogens with one attached hydrogen (secondary N) is 1. The van der Waals surface area contributed by atoms with Crippen LogP contribution in [0.2, 0.25) is 0 Å². The molecule has 0 saturated heterocycles. The van der Waals surface area contributed by atoms with Crippen molar-refractivity contribution in [2.75, 3.05) is 7.11 Å². The van der Waals surface area contributed by atoms with Crippen LogP contribution in [0, 0.1) is 21.4 Å². The van der Waals surface area contributed by atoms with Crippen molar-refractivity contribution in [1.29, 1.82) is 5.26 Å². The van der Waals surface area contributed by atoms with Crippen molar-refractivity contribution >= 4 is 11.6 Å². The van der Waals surface area contributed by atoms with Crippen LogP contribution in [0.1, 0.15) is 30.6 Å². The molecule has 1 rings (SSSR count). The highest BCUT2D eigenvalue weighted by molar-refractivity contribution is 5.95. The molecule has 1 unspecified atom stereocenters. The minimum absolute atomic E-state index is 0.0742. The van der Waals surface area contributed by atoms with Crippen LogP contribution in [-0.2, 0) is 0 Å². The molecule has 1 aromatic rings. The van der Waals surface area contributed by atoms with Gasteiger partial charge in [0, 0.05) is 11.6 Å². The Morgan fingerprint density at radius 1 is 1.60 bits per heavy atom. The Morgan fingerprint density at radius 2 is 2.25 bits per heavy atom. The number of rotatable bonds is 5. The Morgan fingerprint density at radius 3 is 2.70 bits per heavy atom. The third-order valence-corrected chi connectivity index (χ3v) is 2.98. The Hall–Kier alpha value is -2.62.